The van der Waals surface area contributed by atoms with Gasteiger partial charge in [-0.2, -0.15) is 0 Å². The summed E-state index contributed by atoms with van der Waals surface area (Å²) in [7, 11) is 0. The largest absolute Gasteiger partial charge is 0.326 e. The number of nitrogens with two attached hydrogens (primary N) is 1. The topological polar surface area (TPSA) is 38.4 Å². The van der Waals surface area contributed by atoms with Crippen LogP contribution < -0.4 is 5.73 Å². The molecule has 0 heterocycles. The molecule has 16 heavy (non-hydrogen) atoms. The van der Waals surface area contributed by atoms with Crippen LogP contribution >= 0.6 is 0 Å². The molecule has 0 aliphatic heterocycles. The SMILES string of the molecule is NC/C=N/C1CCC(c2ccccc2)CC1. The second-order valence-electron chi connectivity index (χ2n) is 4.48. The predicted molar refractivity (Wildman–Crippen MR) is 69.0 cm³/mol. The lowest BCUT2D eigenvalue weighted by molar-refractivity contribution is 0.397. The molecule has 2 rings (SSSR count). The van der Waals surface area contributed by atoms with E-state index in [-0.39, 0.29) is 0 Å². The van der Waals surface area contributed by atoms with Crippen molar-refractivity contribution in [2.75, 3.05) is 6.54 Å². The van der Waals surface area contributed by atoms with Gasteiger partial charge in [0.25, 0.3) is 0 Å². The van der Waals surface area contributed by atoms with Gasteiger partial charge in [0, 0.05) is 18.8 Å². The Hall–Kier alpha value is -1.15. The first-order valence-corrected chi connectivity index (χ1v) is 6.17. The van der Waals surface area contributed by atoms with Gasteiger partial charge in [0.2, 0.25) is 0 Å². The van der Waals surface area contributed by atoms with Crippen LogP contribution in [0.5, 0.6) is 0 Å². The minimum Gasteiger partial charge on any atom is -0.326 e. The maximum absolute atomic E-state index is 5.41. The zero-order chi connectivity index (χ0) is 11.2. The fourth-order valence-electron chi connectivity index (χ4n) is 2.49. The van der Waals surface area contributed by atoms with Gasteiger partial charge < -0.3 is 5.73 Å². The molecule has 1 aliphatic carbocycles. The number of hydrogen-bond acceptors (Lipinski definition) is 2. The molecular formula is C14H20N2. The van der Waals surface area contributed by atoms with Crippen molar-refractivity contribution in [2.24, 2.45) is 10.7 Å². The average Bonchev–Trinajstić information content (AvgIpc) is 2.38. The molecule has 2 heteroatoms. The smallest absolute Gasteiger partial charge is 0.0496 e. The van der Waals surface area contributed by atoms with Crippen LogP contribution in [0.3, 0.4) is 0 Å². The molecule has 2 N–H and O–H groups in total. The van der Waals surface area contributed by atoms with Gasteiger partial charge in [0.1, 0.15) is 0 Å². The van der Waals surface area contributed by atoms with E-state index in [1.165, 1.54) is 31.2 Å². The molecule has 0 bridgehead atoms. The Balaban J connectivity index is 1.88. The van der Waals surface area contributed by atoms with Crippen molar-refractivity contribution in [3.8, 4) is 0 Å². The van der Waals surface area contributed by atoms with Gasteiger partial charge in [0.15, 0.2) is 0 Å². The number of hydrogen-bond donors (Lipinski definition) is 1. The van der Waals surface area contributed by atoms with Gasteiger partial charge in [0.05, 0.1) is 0 Å². The van der Waals surface area contributed by atoms with Crippen LogP contribution in [0.25, 0.3) is 0 Å². The summed E-state index contributed by atoms with van der Waals surface area (Å²) in [5.41, 5.74) is 6.90. The van der Waals surface area contributed by atoms with Crippen molar-refractivity contribution in [1.82, 2.24) is 0 Å². The highest BCUT2D eigenvalue weighted by atomic mass is 14.8. The number of aliphatic imine (C=N–C) groups is 1. The lowest BCUT2D eigenvalue weighted by atomic mass is 9.82. The number of benzene rings is 1. The molecule has 0 saturated heterocycles. The van der Waals surface area contributed by atoms with Crippen LogP contribution in [0.1, 0.15) is 37.2 Å². The van der Waals surface area contributed by atoms with Gasteiger partial charge in [-0.25, -0.2) is 0 Å². The molecular weight excluding hydrogens is 196 g/mol. The zero-order valence-electron chi connectivity index (χ0n) is 9.68. The van der Waals surface area contributed by atoms with Crippen molar-refractivity contribution in [3.63, 3.8) is 0 Å². The Labute approximate surface area is 97.6 Å². The van der Waals surface area contributed by atoms with Crippen molar-refractivity contribution in [1.29, 1.82) is 0 Å². The van der Waals surface area contributed by atoms with Crippen molar-refractivity contribution in [3.05, 3.63) is 35.9 Å². The molecule has 1 saturated carbocycles. The molecule has 86 valence electrons. The Kier molecular flexibility index (Phi) is 4.11. The van der Waals surface area contributed by atoms with Crippen molar-refractivity contribution in [2.45, 2.75) is 37.6 Å². The van der Waals surface area contributed by atoms with Crippen LogP contribution in [0.15, 0.2) is 35.3 Å². The first-order valence-electron chi connectivity index (χ1n) is 6.17. The second kappa shape index (κ2) is 5.80. The third kappa shape index (κ3) is 2.92. The minimum absolute atomic E-state index is 0.517. The molecule has 1 aromatic carbocycles. The molecule has 1 aromatic rings. The van der Waals surface area contributed by atoms with E-state index >= 15 is 0 Å². The summed E-state index contributed by atoms with van der Waals surface area (Å²) in [5, 5.41) is 0. The van der Waals surface area contributed by atoms with Gasteiger partial charge in [-0.3, -0.25) is 4.99 Å². The fraction of sp³-hybridized carbons (Fsp3) is 0.500. The first kappa shape index (κ1) is 11.3. The van der Waals surface area contributed by atoms with E-state index in [0.717, 1.165) is 5.92 Å². The Bertz CT molecular complexity index is 324. The quantitative estimate of drug-likeness (QED) is 0.775. The van der Waals surface area contributed by atoms with E-state index in [1.807, 2.05) is 6.21 Å². The molecule has 0 aromatic heterocycles. The maximum Gasteiger partial charge on any atom is 0.0496 e. The van der Waals surface area contributed by atoms with E-state index < -0.39 is 0 Å². The minimum atomic E-state index is 0.517. The summed E-state index contributed by atoms with van der Waals surface area (Å²) in [6.45, 7) is 0.568. The monoisotopic (exact) mass is 216 g/mol. The predicted octanol–water partition coefficient (Wildman–Crippen LogP) is 2.74. The summed E-state index contributed by atoms with van der Waals surface area (Å²) in [5.74, 6) is 0.741. The lowest BCUT2D eigenvalue weighted by Gasteiger charge is -2.26. The third-order valence-electron chi connectivity index (χ3n) is 3.39. The standard InChI is InChI=1S/C14H20N2/c15-10-11-16-14-8-6-13(7-9-14)12-4-2-1-3-5-12/h1-5,11,13-14H,6-10,15H2/b16-11+. The van der Waals surface area contributed by atoms with Crippen molar-refractivity contribution < 1.29 is 0 Å². The van der Waals surface area contributed by atoms with Crippen LogP contribution in [0, 0.1) is 0 Å². The molecule has 1 fully saturated rings. The molecule has 0 atom stereocenters. The highest BCUT2D eigenvalue weighted by Crippen LogP contribution is 2.33. The van der Waals surface area contributed by atoms with Crippen LogP contribution in [0.4, 0.5) is 0 Å². The molecule has 0 amide bonds. The second-order valence-corrected chi connectivity index (χ2v) is 4.48. The van der Waals surface area contributed by atoms with Gasteiger partial charge in [-0.05, 0) is 37.2 Å². The van der Waals surface area contributed by atoms with E-state index in [9.17, 15) is 0 Å². The molecule has 1 aliphatic rings. The Morgan fingerprint density at radius 1 is 1.12 bits per heavy atom. The van der Waals surface area contributed by atoms with Gasteiger partial charge in [-0.15, -0.1) is 0 Å². The lowest BCUT2D eigenvalue weighted by Crippen LogP contribution is -2.17. The van der Waals surface area contributed by atoms with E-state index in [0.29, 0.717) is 12.6 Å². The van der Waals surface area contributed by atoms with Gasteiger partial charge >= 0.3 is 0 Å². The summed E-state index contributed by atoms with van der Waals surface area (Å²) < 4.78 is 0. The summed E-state index contributed by atoms with van der Waals surface area (Å²) >= 11 is 0. The van der Waals surface area contributed by atoms with E-state index in [2.05, 4.69) is 35.3 Å². The number of nitrogens with zero attached hydrogens (tertiary/aromatic N) is 1. The van der Waals surface area contributed by atoms with Crippen LogP contribution in [-0.2, 0) is 0 Å². The molecule has 0 radical (unpaired) electrons. The van der Waals surface area contributed by atoms with Crippen molar-refractivity contribution >= 4 is 6.21 Å². The van der Waals surface area contributed by atoms with E-state index in [4.69, 9.17) is 5.73 Å². The maximum atomic E-state index is 5.41. The van der Waals surface area contributed by atoms with Crippen LogP contribution in [-0.4, -0.2) is 18.8 Å². The van der Waals surface area contributed by atoms with Gasteiger partial charge in [-0.1, -0.05) is 30.3 Å². The Morgan fingerprint density at radius 3 is 2.44 bits per heavy atom. The Morgan fingerprint density at radius 2 is 1.81 bits per heavy atom. The molecule has 2 nitrogen and oxygen atoms in total. The first-order chi connectivity index (χ1) is 7.90. The fourth-order valence-corrected chi connectivity index (χ4v) is 2.49. The third-order valence-corrected chi connectivity index (χ3v) is 3.39. The normalized spacial score (nSPS) is 26.1. The summed E-state index contributed by atoms with van der Waals surface area (Å²) in [6.07, 6.45) is 6.78. The number of rotatable bonds is 3. The van der Waals surface area contributed by atoms with E-state index in [1.54, 1.807) is 0 Å². The average molecular weight is 216 g/mol. The summed E-state index contributed by atoms with van der Waals surface area (Å²) in [6, 6.07) is 11.4. The molecule has 0 spiro atoms. The highest BCUT2D eigenvalue weighted by Gasteiger charge is 2.21. The zero-order valence-corrected chi connectivity index (χ0v) is 9.68. The highest BCUT2D eigenvalue weighted by molar-refractivity contribution is 5.59. The summed E-state index contributed by atoms with van der Waals surface area (Å²) in [4.78, 5) is 4.48. The molecule has 0 unspecified atom stereocenters. The van der Waals surface area contributed by atoms with Crippen LogP contribution in [0.2, 0.25) is 0 Å².